The van der Waals surface area contributed by atoms with Crippen molar-refractivity contribution in [2.75, 3.05) is 13.6 Å². The molecule has 0 N–H and O–H groups in total. The summed E-state index contributed by atoms with van der Waals surface area (Å²) in [5, 5.41) is 8.13. The Balaban J connectivity index is 1.94. The lowest BCUT2D eigenvalue weighted by Crippen LogP contribution is -2.33. The van der Waals surface area contributed by atoms with Crippen LogP contribution < -0.4 is 4.74 Å². The third-order valence-electron chi connectivity index (χ3n) is 3.44. The highest BCUT2D eigenvalue weighted by molar-refractivity contribution is 5.11. The summed E-state index contributed by atoms with van der Waals surface area (Å²) in [4.78, 5) is 6.38. The fraction of sp³-hybridized carbons (Fsp3) is 0.389. The van der Waals surface area contributed by atoms with Gasteiger partial charge in [-0.05, 0) is 44.5 Å². The fourth-order valence-electron chi connectivity index (χ4n) is 2.33. The molecular weight excluding hydrogens is 288 g/mol. The SMILES string of the molecule is C=CCC[C@H](CN(C)Cc1cccnc1)Oc1ccc(C)nn1. The van der Waals surface area contributed by atoms with E-state index in [0.717, 1.165) is 31.6 Å². The van der Waals surface area contributed by atoms with E-state index in [1.165, 1.54) is 5.56 Å². The summed E-state index contributed by atoms with van der Waals surface area (Å²) < 4.78 is 6.00. The average Bonchev–Trinajstić information content (AvgIpc) is 2.55. The molecule has 5 nitrogen and oxygen atoms in total. The summed E-state index contributed by atoms with van der Waals surface area (Å²) in [7, 11) is 2.08. The minimum absolute atomic E-state index is 0.0478. The zero-order chi connectivity index (χ0) is 16.5. The number of allylic oxidation sites excluding steroid dienone is 1. The first-order valence-electron chi connectivity index (χ1n) is 7.82. The Morgan fingerprint density at radius 3 is 2.83 bits per heavy atom. The van der Waals surface area contributed by atoms with Crippen LogP contribution in [0.25, 0.3) is 0 Å². The van der Waals surface area contributed by atoms with Crippen LogP contribution in [0.2, 0.25) is 0 Å². The van der Waals surface area contributed by atoms with Gasteiger partial charge >= 0.3 is 0 Å². The van der Waals surface area contributed by atoms with Gasteiger partial charge in [0.25, 0.3) is 0 Å². The van der Waals surface area contributed by atoms with E-state index in [2.05, 4.69) is 39.8 Å². The number of hydrogen-bond acceptors (Lipinski definition) is 5. The van der Waals surface area contributed by atoms with Crippen molar-refractivity contribution < 1.29 is 4.74 Å². The minimum atomic E-state index is 0.0478. The number of aryl methyl sites for hydroxylation is 1. The Hall–Kier alpha value is -2.27. The summed E-state index contributed by atoms with van der Waals surface area (Å²) in [6.45, 7) is 7.34. The van der Waals surface area contributed by atoms with Crippen molar-refractivity contribution in [2.24, 2.45) is 0 Å². The molecule has 1 atom stereocenters. The Kier molecular flexibility index (Phi) is 6.69. The molecule has 2 aromatic heterocycles. The van der Waals surface area contributed by atoms with Crippen molar-refractivity contribution in [2.45, 2.75) is 32.4 Å². The van der Waals surface area contributed by atoms with Crippen molar-refractivity contribution in [1.29, 1.82) is 0 Å². The second-order valence-corrected chi connectivity index (χ2v) is 5.68. The molecule has 0 saturated heterocycles. The molecule has 0 unspecified atom stereocenters. The van der Waals surface area contributed by atoms with Crippen molar-refractivity contribution in [3.8, 4) is 5.88 Å². The van der Waals surface area contributed by atoms with E-state index in [-0.39, 0.29) is 6.10 Å². The maximum absolute atomic E-state index is 6.00. The van der Waals surface area contributed by atoms with E-state index in [0.29, 0.717) is 5.88 Å². The molecule has 0 aliphatic carbocycles. The van der Waals surface area contributed by atoms with Crippen LogP contribution in [0.15, 0.2) is 49.3 Å². The highest BCUT2D eigenvalue weighted by Crippen LogP contribution is 2.13. The summed E-state index contributed by atoms with van der Waals surface area (Å²) in [6.07, 6.45) is 7.45. The van der Waals surface area contributed by atoms with E-state index in [1.807, 2.05) is 37.4 Å². The molecule has 2 heterocycles. The molecule has 2 rings (SSSR count). The molecule has 0 spiro atoms. The average molecular weight is 312 g/mol. The quantitative estimate of drug-likeness (QED) is 0.666. The zero-order valence-electron chi connectivity index (χ0n) is 13.9. The predicted molar refractivity (Wildman–Crippen MR) is 91.2 cm³/mol. The first-order valence-corrected chi connectivity index (χ1v) is 7.82. The van der Waals surface area contributed by atoms with Crippen LogP contribution in [0.4, 0.5) is 0 Å². The minimum Gasteiger partial charge on any atom is -0.472 e. The molecule has 122 valence electrons. The van der Waals surface area contributed by atoms with E-state index in [9.17, 15) is 0 Å². The van der Waals surface area contributed by atoms with E-state index < -0.39 is 0 Å². The third kappa shape index (κ3) is 6.16. The molecule has 0 aliphatic heterocycles. The highest BCUT2D eigenvalue weighted by atomic mass is 16.5. The molecule has 5 heteroatoms. The molecule has 23 heavy (non-hydrogen) atoms. The van der Waals surface area contributed by atoms with Crippen LogP contribution in [0.5, 0.6) is 5.88 Å². The van der Waals surface area contributed by atoms with Gasteiger partial charge in [0.15, 0.2) is 0 Å². The second kappa shape index (κ2) is 9.00. The van der Waals surface area contributed by atoms with Gasteiger partial charge in [0.2, 0.25) is 5.88 Å². The Labute approximate surface area is 138 Å². The molecule has 0 aliphatic rings. The molecule has 0 radical (unpaired) electrons. The maximum Gasteiger partial charge on any atom is 0.233 e. The van der Waals surface area contributed by atoms with Gasteiger partial charge in [-0.15, -0.1) is 11.7 Å². The Morgan fingerprint density at radius 1 is 1.30 bits per heavy atom. The third-order valence-corrected chi connectivity index (χ3v) is 3.44. The lowest BCUT2D eigenvalue weighted by Gasteiger charge is -2.24. The monoisotopic (exact) mass is 312 g/mol. The standard InChI is InChI=1S/C18H24N4O/c1-4-5-8-17(23-18-10-9-15(2)20-21-18)14-22(3)13-16-7-6-11-19-12-16/h4,6-7,9-12,17H,1,5,8,13-14H2,2-3H3/t17-/m1/s1. The van der Waals surface area contributed by atoms with Gasteiger partial charge in [-0.25, -0.2) is 0 Å². The topological polar surface area (TPSA) is 51.1 Å². The van der Waals surface area contributed by atoms with Crippen LogP contribution in [-0.2, 0) is 6.54 Å². The van der Waals surface area contributed by atoms with Crippen LogP contribution in [-0.4, -0.2) is 39.8 Å². The van der Waals surface area contributed by atoms with Gasteiger partial charge in [-0.3, -0.25) is 9.88 Å². The molecule has 2 aromatic rings. The van der Waals surface area contributed by atoms with Crippen molar-refractivity contribution >= 4 is 0 Å². The maximum atomic E-state index is 6.00. The molecule has 0 saturated carbocycles. The molecule has 0 bridgehead atoms. The number of aromatic nitrogens is 3. The van der Waals surface area contributed by atoms with E-state index >= 15 is 0 Å². The van der Waals surface area contributed by atoms with Gasteiger partial charge in [-0.1, -0.05) is 12.1 Å². The lowest BCUT2D eigenvalue weighted by atomic mass is 10.1. The van der Waals surface area contributed by atoms with Crippen LogP contribution in [0.1, 0.15) is 24.1 Å². The first kappa shape index (κ1) is 17.1. The molecule has 0 amide bonds. The van der Waals surface area contributed by atoms with E-state index in [1.54, 1.807) is 6.20 Å². The smallest absolute Gasteiger partial charge is 0.233 e. The summed E-state index contributed by atoms with van der Waals surface area (Å²) >= 11 is 0. The fourth-order valence-corrected chi connectivity index (χ4v) is 2.33. The molecule has 0 aromatic carbocycles. The highest BCUT2D eigenvalue weighted by Gasteiger charge is 2.14. The molecule has 0 fully saturated rings. The van der Waals surface area contributed by atoms with E-state index in [4.69, 9.17) is 4.74 Å². The van der Waals surface area contributed by atoms with Crippen LogP contribution >= 0.6 is 0 Å². The largest absolute Gasteiger partial charge is 0.472 e. The van der Waals surface area contributed by atoms with Gasteiger partial charge in [0.05, 0.1) is 5.69 Å². The summed E-state index contributed by atoms with van der Waals surface area (Å²) in [5.41, 5.74) is 2.07. The van der Waals surface area contributed by atoms with Gasteiger partial charge < -0.3 is 4.74 Å². The summed E-state index contributed by atoms with van der Waals surface area (Å²) in [5.74, 6) is 0.569. The summed E-state index contributed by atoms with van der Waals surface area (Å²) in [6, 6.07) is 7.81. The zero-order valence-corrected chi connectivity index (χ0v) is 13.9. The Morgan fingerprint density at radius 2 is 2.17 bits per heavy atom. The van der Waals surface area contributed by atoms with Crippen molar-refractivity contribution in [3.05, 3.63) is 60.6 Å². The number of pyridine rings is 1. The normalized spacial score (nSPS) is 12.1. The van der Waals surface area contributed by atoms with Gasteiger partial charge in [-0.2, -0.15) is 5.10 Å². The van der Waals surface area contributed by atoms with Gasteiger partial charge in [0, 0.05) is 31.5 Å². The first-order chi connectivity index (χ1) is 11.2. The number of likely N-dealkylation sites (N-methyl/N-ethyl adjacent to an activating group) is 1. The number of ether oxygens (including phenoxy) is 1. The predicted octanol–water partition coefficient (Wildman–Crippen LogP) is 3.03. The van der Waals surface area contributed by atoms with Crippen LogP contribution in [0, 0.1) is 6.92 Å². The van der Waals surface area contributed by atoms with Gasteiger partial charge in [0.1, 0.15) is 6.10 Å². The second-order valence-electron chi connectivity index (χ2n) is 5.68. The Bertz CT molecular complexity index is 586. The van der Waals surface area contributed by atoms with Crippen molar-refractivity contribution in [3.63, 3.8) is 0 Å². The lowest BCUT2D eigenvalue weighted by molar-refractivity contribution is 0.131. The number of nitrogens with zero attached hydrogens (tertiary/aromatic N) is 4. The number of rotatable bonds is 9. The van der Waals surface area contributed by atoms with Crippen LogP contribution in [0.3, 0.4) is 0 Å². The van der Waals surface area contributed by atoms with Crippen molar-refractivity contribution in [1.82, 2.24) is 20.1 Å². The number of hydrogen-bond donors (Lipinski definition) is 0. The molecular formula is C18H24N4O.